The first-order chi connectivity index (χ1) is 5.22. The summed E-state index contributed by atoms with van der Waals surface area (Å²) in [6, 6.07) is 0. The third-order valence-corrected chi connectivity index (χ3v) is 2.46. The molecule has 0 aromatic heterocycles. The van der Waals surface area contributed by atoms with Gasteiger partial charge in [0, 0.05) is 6.42 Å². The smallest absolute Gasteiger partial charge is 0.147 e. The predicted octanol–water partition coefficient (Wildman–Crippen LogP) is 1.31. The van der Waals surface area contributed by atoms with Gasteiger partial charge in [0.05, 0.1) is 6.54 Å². The lowest BCUT2D eigenvalue weighted by molar-refractivity contribution is -0.119. The number of carbonyl (C=O) groups is 1. The quantitative estimate of drug-likeness (QED) is 0.569. The maximum atomic E-state index is 11.2. The van der Waals surface area contributed by atoms with Crippen LogP contribution in [-0.4, -0.2) is 30.8 Å². The highest BCUT2D eigenvalue weighted by atomic mass is 16.1. The average molecular weight is 155 g/mol. The number of likely N-dealkylation sites (tertiary alicyclic amines) is 1. The molecular formula is C9H17NO. The molecule has 0 spiro atoms. The van der Waals surface area contributed by atoms with E-state index in [9.17, 15) is 4.79 Å². The van der Waals surface area contributed by atoms with Gasteiger partial charge in [0.15, 0.2) is 0 Å². The van der Waals surface area contributed by atoms with Crippen molar-refractivity contribution in [2.45, 2.75) is 26.2 Å². The molecule has 1 fully saturated rings. The maximum absolute atomic E-state index is 11.2. The van der Waals surface area contributed by atoms with Gasteiger partial charge < -0.3 is 0 Å². The van der Waals surface area contributed by atoms with Crippen molar-refractivity contribution in [3.8, 4) is 0 Å². The van der Waals surface area contributed by atoms with Crippen molar-refractivity contribution in [1.82, 2.24) is 4.90 Å². The van der Waals surface area contributed by atoms with Gasteiger partial charge in [0.1, 0.15) is 5.78 Å². The fraction of sp³-hybridized carbons (Fsp3) is 0.889. The van der Waals surface area contributed by atoms with Crippen molar-refractivity contribution in [3.63, 3.8) is 0 Å². The van der Waals surface area contributed by atoms with Crippen LogP contribution in [0, 0.1) is 5.92 Å². The van der Waals surface area contributed by atoms with E-state index < -0.39 is 0 Å². The van der Waals surface area contributed by atoms with Gasteiger partial charge in [-0.2, -0.15) is 0 Å². The first-order valence-corrected chi connectivity index (χ1v) is 4.42. The second-order valence-electron chi connectivity index (χ2n) is 3.54. The monoisotopic (exact) mass is 155 g/mol. The summed E-state index contributed by atoms with van der Waals surface area (Å²) >= 11 is 0. The average Bonchev–Trinajstić information content (AvgIpc) is 2.11. The van der Waals surface area contributed by atoms with E-state index in [0.717, 1.165) is 19.4 Å². The Bertz CT molecular complexity index is 144. The molecule has 1 atom stereocenters. The van der Waals surface area contributed by atoms with E-state index in [0.29, 0.717) is 18.2 Å². The first kappa shape index (κ1) is 8.72. The number of Topliss-reactive ketones (excluding diaryl/α,β-unsaturated/α-hetero) is 1. The molecule has 1 saturated heterocycles. The predicted molar refractivity (Wildman–Crippen MR) is 45.5 cm³/mol. The number of hydrogen-bond donors (Lipinski definition) is 0. The van der Waals surface area contributed by atoms with Gasteiger partial charge in [-0.1, -0.05) is 13.3 Å². The lowest BCUT2D eigenvalue weighted by Gasteiger charge is -2.11. The molecule has 0 aliphatic carbocycles. The van der Waals surface area contributed by atoms with E-state index >= 15 is 0 Å². The molecule has 0 aromatic rings. The van der Waals surface area contributed by atoms with Crippen LogP contribution in [0.5, 0.6) is 0 Å². The Balaban J connectivity index is 2.46. The molecule has 0 saturated carbocycles. The normalized spacial score (nSPS) is 28.5. The van der Waals surface area contributed by atoms with E-state index in [1.165, 1.54) is 6.42 Å². The fourth-order valence-corrected chi connectivity index (χ4v) is 1.62. The Morgan fingerprint density at radius 3 is 3.00 bits per heavy atom. The van der Waals surface area contributed by atoms with Crippen LogP contribution in [0.25, 0.3) is 0 Å². The van der Waals surface area contributed by atoms with E-state index in [4.69, 9.17) is 0 Å². The van der Waals surface area contributed by atoms with Crippen LogP contribution in [0.3, 0.4) is 0 Å². The Hall–Kier alpha value is -0.370. The molecule has 0 radical (unpaired) electrons. The van der Waals surface area contributed by atoms with Gasteiger partial charge in [0.2, 0.25) is 0 Å². The summed E-state index contributed by atoms with van der Waals surface area (Å²) in [4.78, 5) is 13.3. The Morgan fingerprint density at radius 2 is 2.36 bits per heavy atom. The molecule has 11 heavy (non-hydrogen) atoms. The van der Waals surface area contributed by atoms with Gasteiger partial charge in [-0.3, -0.25) is 9.69 Å². The lowest BCUT2D eigenvalue weighted by atomic mass is 9.98. The summed E-state index contributed by atoms with van der Waals surface area (Å²) in [7, 11) is 2.02. The number of carbonyl (C=O) groups excluding carboxylic acids is 1. The minimum Gasteiger partial charge on any atom is -0.299 e. The molecule has 1 heterocycles. The van der Waals surface area contributed by atoms with Crippen molar-refractivity contribution in [2.24, 2.45) is 5.92 Å². The summed E-state index contributed by atoms with van der Waals surface area (Å²) in [5.74, 6) is 1.06. The van der Waals surface area contributed by atoms with Crippen LogP contribution >= 0.6 is 0 Å². The zero-order valence-corrected chi connectivity index (χ0v) is 7.47. The minimum absolute atomic E-state index is 0.414. The van der Waals surface area contributed by atoms with Crippen LogP contribution in [0.15, 0.2) is 0 Å². The Morgan fingerprint density at radius 1 is 1.64 bits per heavy atom. The molecule has 1 aliphatic heterocycles. The molecule has 2 heteroatoms. The third-order valence-electron chi connectivity index (χ3n) is 2.46. The number of ketones is 1. The zero-order valence-electron chi connectivity index (χ0n) is 7.47. The van der Waals surface area contributed by atoms with Gasteiger partial charge in [-0.05, 0) is 25.9 Å². The summed E-state index contributed by atoms with van der Waals surface area (Å²) in [5, 5.41) is 0. The van der Waals surface area contributed by atoms with E-state index in [2.05, 4.69) is 11.8 Å². The second-order valence-corrected chi connectivity index (χ2v) is 3.54. The molecule has 0 bridgehead atoms. The van der Waals surface area contributed by atoms with Crippen LogP contribution in [0.4, 0.5) is 0 Å². The van der Waals surface area contributed by atoms with Gasteiger partial charge in [-0.25, -0.2) is 0 Å². The molecular weight excluding hydrogens is 138 g/mol. The molecule has 1 unspecified atom stereocenters. The fourth-order valence-electron chi connectivity index (χ4n) is 1.62. The summed E-state index contributed by atoms with van der Waals surface area (Å²) in [6.45, 7) is 3.92. The van der Waals surface area contributed by atoms with Crippen LogP contribution < -0.4 is 0 Å². The van der Waals surface area contributed by atoms with Crippen LogP contribution in [0.1, 0.15) is 26.2 Å². The molecule has 2 nitrogen and oxygen atoms in total. The van der Waals surface area contributed by atoms with Crippen LogP contribution in [0.2, 0.25) is 0 Å². The van der Waals surface area contributed by atoms with Gasteiger partial charge >= 0.3 is 0 Å². The first-order valence-electron chi connectivity index (χ1n) is 4.42. The van der Waals surface area contributed by atoms with Crippen molar-refractivity contribution in [2.75, 3.05) is 20.1 Å². The van der Waals surface area contributed by atoms with E-state index in [1.807, 2.05) is 7.05 Å². The summed E-state index contributed by atoms with van der Waals surface area (Å²) in [5.41, 5.74) is 0. The standard InChI is InChI=1S/C9H17NO/c1-3-8-4-5-10(2)7-9(11)6-8/h8H,3-7H2,1-2H3. The summed E-state index contributed by atoms with van der Waals surface area (Å²) in [6.07, 6.45) is 3.15. The lowest BCUT2D eigenvalue weighted by Crippen LogP contribution is -2.23. The van der Waals surface area contributed by atoms with E-state index in [-0.39, 0.29) is 0 Å². The van der Waals surface area contributed by atoms with Crippen LogP contribution in [-0.2, 0) is 4.79 Å². The SMILES string of the molecule is CCC1CCN(C)CC(=O)C1. The topological polar surface area (TPSA) is 20.3 Å². The number of hydrogen-bond acceptors (Lipinski definition) is 2. The Labute approximate surface area is 68.6 Å². The minimum atomic E-state index is 0.414. The second kappa shape index (κ2) is 3.86. The number of rotatable bonds is 1. The zero-order chi connectivity index (χ0) is 8.27. The molecule has 1 aliphatic rings. The van der Waals surface area contributed by atoms with Crippen molar-refractivity contribution >= 4 is 5.78 Å². The highest BCUT2D eigenvalue weighted by molar-refractivity contribution is 5.80. The molecule has 0 N–H and O–H groups in total. The highest BCUT2D eigenvalue weighted by Crippen LogP contribution is 2.17. The molecule has 64 valence electrons. The maximum Gasteiger partial charge on any atom is 0.147 e. The van der Waals surface area contributed by atoms with Gasteiger partial charge in [0.25, 0.3) is 0 Å². The summed E-state index contributed by atoms with van der Waals surface area (Å²) < 4.78 is 0. The van der Waals surface area contributed by atoms with Crippen molar-refractivity contribution < 1.29 is 4.79 Å². The number of nitrogens with zero attached hydrogens (tertiary/aromatic N) is 1. The third kappa shape index (κ3) is 2.62. The highest BCUT2D eigenvalue weighted by Gasteiger charge is 2.18. The van der Waals surface area contributed by atoms with Crippen molar-refractivity contribution in [3.05, 3.63) is 0 Å². The molecule has 0 aromatic carbocycles. The number of likely N-dealkylation sites (N-methyl/N-ethyl adjacent to an activating group) is 1. The largest absolute Gasteiger partial charge is 0.299 e. The van der Waals surface area contributed by atoms with Crippen molar-refractivity contribution in [1.29, 1.82) is 0 Å². The molecule has 1 rings (SSSR count). The molecule has 0 amide bonds. The van der Waals surface area contributed by atoms with Gasteiger partial charge in [-0.15, -0.1) is 0 Å². The van der Waals surface area contributed by atoms with E-state index in [1.54, 1.807) is 0 Å². The Kier molecular flexibility index (Phi) is 3.06.